The molecule has 1 aromatic carbocycles. The van der Waals surface area contributed by atoms with E-state index in [2.05, 4.69) is 4.90 Å². The Labute approximate surface area is 297 Å². The van der Waals surface area contributed by atoms with Gasteiger partial charge in [0.05, 0.1) is 22.0 Å². The second-order valence-electron chi connectivity index (χ2n) is 17.1. The number of hydrogen-bond acceptors (Lipinski definition) is 12. The molecule has 51 heavy (non-hydrogen) atoms. The van der Waals surface area contributed by atoms with E-state index < -0.39 is 80.2 Å². The van der Waals surface area contributed by atoms with Crippen LogP contribution in [0.25, 0.3) is 11.0 Å². The fraction of sp³-hybridized carbons (Fsp3) is 0.667. The Morgan fingerprint density at radius 2 is 1.29 bits per heavy atom. The van der Waals surface area contributed by atoms with Crippen LogP contribution in [0.5, 0.6) is 5.75 Å². The summed E-state index contributed by atoms with van der Waals surface area (Å²) in [5, 5.41) is 0.556. The minimum absolute atomic E-state index is 0.116. The number of benzene rings is 1. The normalized spacial score (nSPS) is 35.0. The van der Waals surface area contributed by atoms with Gasteiger partial charge in [0.15, 0.2) is 12.2 Å². The maximum atomic E-state index is 14.6. The van der Waals surface area contributed by atoms with Gasteiger partial charge in [-0.2, -0.15) is 0 Å². The molecule has 4 fully saturated rings. The summed E-state index contributed by atoms with van der Waals surface area (Å²) in [6.45, 7) is 20.2. The lowest BCUT2D eigenvalue weighted by atomic mass is 9.66. The number of ether oxygens (including phenoxy) is 5. The van der Waals surface area contributed by atoms with E-state index in [4.69, 9.17) is 28.1 Å². The van der Waals surface area contributed by atoms with Crippen molar-refractivity contribution in [1.29, 1.82) is 0 Å². The molecule has 12 nitrogen and oxygen atoms in total. The lowest BCUT2D eigenvalue weighted by Gasteiger charge is -2.45. The quantitative estimate of drug-likeness (QED) is 0.193. The molecule has 2 aliphatic carbocycles. The van der Waals surface area contributed by atoms with Crippen LogP contribution in [0.1, 0.15) is 112 Å². The molecule has 0 radical (unpaired) electrons. The third-order valence-corrected chi connectivity index (χ3v) is 14.2. The third-order valence-electron chi connectivity index (χ3n) is 14.2. The highest BCUT2D eigenvalue weighted by Crippen LogP contribution is 2.67. The van der Waals surface area contributed by atoms with Crippen LogP contribution in [-0.4, -0.2) is 64.8 Å². The maximum Gasteiger partial charge on any atom is 0.351 e. The predicted octanol–water partition coefficient (Wildman–Crippen LogP) is 5.55. The average molecular weight is 708 g/mol. The number of hydrogen-bond donors (Lipinski definition) is 0. The Balaban J connectivity index is 1.36. The smallest absolute Gasteiger partial charge is 0.351 e. The van der Waals surface area contributed by atoms with E-state index in [9.17, 15) is 24.0 Å². The highest BCUT2D eigenvalue weighted by Gasteiger charge is 2.78. The first-order valence-electron chi connectivity index (χ1n) is 18.1. The van der Waals surface area contributed by atoms with Gasteiger partial charge < -0.3 is 28.1 Å². The monoisotopic (exact) mass is 707 g/mol. The molecular formula is C39H49NO11. The molecule has 4 bridgehead atoms. The third kappa shape index (κ3) is 4.31. The van der Waals surface area contributed by atoms with E-state index in [-0.39, 0.29) is 29.7 Å². The van der Waals surface area contributed by atoms with Crippen LogP contribution in [0.4, 0.5) is 0 Å². The Morgan fingerprint density at radius 3 is 1.76 bits per heavy atom. The molecule has 2 saturated carbocycles. The number of fused-ring (bicyclic) bond motifs is 7. The Morgan fingerprint density at radius 1 is 0.765 bits per heavy atom. The molecule has 3 aliphatic heterocycles. The Kier molecular flexibility index (Phi) is 7.51. The van der Waals surface area contributed by atoms with Crippen molar-refractivity contribution in [2.24, 2.45) is 21.7 Å². The molecule has 5 aliphatic rings. The van der Waals surface area contributed by atoms with Gasteiger partial charge in [-0.25, -0.2) is 14.4 Å². The first kappa shape index (κ1) is 35.5. The summed E-state index contributed by atoms with van der Waals surface area (Å²) in [5.41, 5.74) is -7.91. The van der Waals surface area contributed by atoms with E-state index in [1.165, 1.54) is 0 Å². The molecular weight excluding hydrogens is 658 g/mol. The number of nitrogens with zero attached hydrogens (tertiary/aromatic N) is 1. The molecule has 0 N–H and O–H groups in total. The zero-order chi connectivity index (χ0) is 37.3. The van der Waals surface area contributed by atoms with Crippen molar-refractivity contribution in [1.82, 2.24) is 4.90 Å². The second kappa shape index (κ2) is 10.8. The molecule has 2 saturated heterocycles. The van der Waals surface area contributed by atoms with Gasteiger partial charge in [-0.3, -0.25) is 14.5 Å². The second-order valence-corrected chi connectivity index (χ2v) is 17.1. The summed E-state index contributed by atoms with van der Waals surface area (Å²) in [4.78, 5) is 71.0. The van der Waals surface area contributed by atoms with Gasteiger partial charge >= 0.3 is 29.5 Å². The topological polar surface area (TPSA) is 148 Å². The van der Waals surface area contributed by atoms with Crippen LogP contribution < -0.4 is 10.4 Å². The fourth-order valence-electron chi connectivity index (χ4n) is 9.39. The van der Waals surface area contributed by atoms with Crippen LogP contribution >= 0.6 is 0 Å². The largest absolute Gasteiger partial charge is 0.483 e. The molecule has 0 spiro atoms. The molecule has 7 rings (SSSR count). The molecule has 276 valence electrons. The Hall–Kier alpha value is -3.93. The van der Waals surface area contributed by atoms with Crippen LogP contribution in [0, 0.1) is 21.7 Å². The van der Waals surface area contributed by atoms with Gasteiger partial charge in [-0.15, -0.1) is 0 Å². The lowest BCUT2D eigenvalue weighted by molar-refractivity contribution is -0.217. The van der Waals surface area contributed by atoms with E-state index in [0.717, 1.165) is 13.1 Å². The molecule has 1 aromatic heterocycles. The average Bonchev–Trinajstić information content (AvgIpc) is 3.52. The zero-order valence-corrected chi connectivity index (χ0v) is 31.3. The van der Waals surface area contributed by atoms with Crippen LogP contribution in [-0.2, 0) is 44.7 Å². The Bertz CT molecular complexity index is 1940. The van der Waals surface area contributed by atoms with Crippen molar-refractivity contribution in [2.45, 2.75) is 130 Å². The summed E-state index contributed by atoms with van der Waals surface area (Å²) in [5.74, 6) is -2.25. The van der Waals surface area contributed by atoms with Gasteiger partial charge in [-0.1, -0.05) is 41.5 Å². The summed E-state index contributed by atoms with van der Waals surface area (Å²) in [7, 11) is 0. The van der Waals surface area contributed by atoms with Crippen molar-refractivity contribution in [2.75, 3.05) is 13.1 Å². The molecule has 2 aromatic rings. The fourth-order valence-corrected chi connectivity index (χ4v) is 9.39. The summed E-state index contributed by atoms with van der Waals surface area (Å²) >= 11 is 0. The van der Waals surface area contributed by atoms with E-state index in [1.807, 2.05) is 41.5 Å². The van der Waals surface area contributed by atoms with Crippen molar-refractivity contribution in [3.05, 3.63) is 39.7 Å². The van der Waals surface area contributed by atoms with Crippen molar-refractivity contribution in [3.8, 4) is 5.75 Å². The highest BCUT2D eigenvalue weighted by atomic mass is 16.7. The van der Waals surface area contributed by atoms with E-state index in [0.29, 0.717) is 30.3 Å². The van der Waals surface area contributed by atoms with Gasteiger partial charge in [0.2, 0.25) is 11.2 Å². The SMILES string of the molecule is CCN(CC)Cc1cc2ccc3c(c2oc1=O)[C@@H](OC(=O)[C@@]12CC[C@](C)(C(=O)O1)C2(C)C)[C@@H](OC(=O)[C@@]12CC[C@](C)(C(=O)O1)C2(C)C)C(C)(C)O3. The van der Waals surface area contributed by atoms with Crippen molar-refractivity contribution >= 4 is 34.8 Å². The summed E-state index contributed by atoms with van der Waals surface area (Å²) in [6, 6.07) is 5.24. The molecule has 12 heteroatoms. The first-order chi connectivity index (χ1) is 23.7. The number of carbonyl (C=O) groups excluding carboxylic acids is 4. The predicted molar refractivity (Wildman–Crippen MR) is 182 cm³/mol. The summed E-state index contributed by atoms with van der Waals surface area (Å²) in [6.07, 6.45) is -1.31. The van der Waals surface area contributed by atoms with Crippen LogP contribution in [0.15, 0.2) is 27.4 Å². The maximum absolute atomic E-state index is 14.6. The standard InChI is InChI=1S/C39H49NO11/c1-11-40(12-2)20-22-19-21-13-14-23-24(25(21)46-28(22)41)26(47-31(44)38-17-15-36(9,29(42)50-38)34(38,5)6)27(33(3,4)49-23)48-32(45)39-18-16-37(10,30(43)51-39)35(39,7)8/h13-14,19,26-27H,11-12,15-18,20H2,1-10H3/t26-,27-,36-,37-,38-,39-/m1/s1. The van der Waals surface area contributed by atoms with E-state index >= 15 is 0 Å². The van der Waals surface area contributed by atoms with E-state index in [1.54, 1.807) is 45.9 Å². The number of rotatable bonds is 8. The summed E-state index contributed by atoms with van der Waals surface area (Å²) < 4.78 is 37.1. The van der Waals surface area contributed by atoms with Crippen LogP contribution in [0.3, 0.4) is 0 Å². The zero-order valence-electron chi connectivity index (χ0n) is 31.3. The van der Waals surface area contributed by atoms with Crippen molar-refractivity contribution in [3.63, 3.8) is 0 Å². The lowest BCUT2D eigenvalue weighted by Crippen LogP contribution is -2.57. The molecule has 4 heterocycles. The highest BCUT2D eigenvalue weighted by molar-refractivity contribution is 5.95. The van der Waals surface area contributed by atoms with Gasteiger partial charge in [-0.05, 0) is 84.7 Å². The minimum Gasteiger partial charge on any atom is -0.483 e. The van der Waals surface area contributed by atoms with Gasteiger partial charge in [0.25, 0.3) is 0 Å². The number of carbonyl (C=O) groups is 4. The minimum atomic E-state index is -1.60. The van der Waals surface area contributed by atoms with Crippen LogP contribution in [0.2, 0.25) is 0 Å². The van der Waals surface area contributed by atoms with Crippen molar-refractivity contribution < 1.29 is 47.3 Å². The molecule has 0 amide bonds. The first-order valence-corrected chi connectivity index (χ1v) is 18.1. The van der Waals surface area contributed by atoms with Gasteiger partial charge in [0.1, 0.15) is 16.9 Å². The molecule has 6 atom stereocenters. The van der Waals surface area contributed by atoms with Gasteiger partial charge in [0, 0.05) is 22.8 Å². The number of esters is 4. The molecule has 0 unspecified atom stereocenters.